The van der Waals surface area contributed by atoms with E-state index in [0.29, 0.717) is 0 Å². The highest BCUT2D eigenvalue weighted by Gasteiger charge is 2.20. The number of carbonyl (C=O) groups is 2. The lowest BCUT2D eigenvalue weighted by molar-refractivity contribution is -0.133. The van der Waals surface area contributed by atoms with Crippen LogP contribution in [0.15, 0.2) is 41.4 Å². The number of benzene rings is 1. The summed E-state index contributed by atoms with van der Waals surface area (Å²) in [5.41, 5.74) is 5.78. The molecule has 21 heavy (non-hydrogen) atoms. The zero-order chi connectivity index (χ0) is 15.5. The maximum absolute atomic E-state index is 12.1. The van der Waals surface area contributed by atoms with Crippen LogP contribution in [0, 0.1) is 0 Å². The van der Waals surface area contributed by atoms with Crippen LogP contribution in [-0.2, 0) is 19.6 Å². The molecule has 0 unspecified atom stereocenters. The first-order valence-corrected chi connectivity index (χ1v) is 7.73. The largest absolute Gasteiger partial charge is 0.398 e. The van der Waals surface area contributed by atoms with Crippen LogP contribution >= 0.6 is 0 Å². The van der Waals surface area contributed by atoms with E-state index in [2.05, 4.69) is 4.72 Å². The number of nitrogens with two attached hydrogens (primary N) is 1. The van der Waals surface area contributed by atoms with Crippen LogP contribution in [0.3, 0.4) is 0 Å². The summed E-state index contributed by atoms with van der Waals surface area (Å²) in [7, 11) is -3.72. The third kappa shape index (κ3) is 3.67. The second kappa shape index (κ2) is 6.06. The molecular formula is C13H15N3O4S. The third-order valence-corrected chi connectivity index (χ3v) is 4.47. The molecule has 0 radical (unpaired) electrons. The minimum Gasteiger partial charge on any atom is -0.398 e. The fraction of sp³-hybridized carbons (Fsp3) is 0.231. The molecule has 0 atom stereocenters. The molecule has 0 saturated carbocycles. The second-order valence-corrected chi connectivity index (χ2v) is 6.22. The zero-order valence-electron chi connectivity index (χ0n) is 11.2. The highest BCUT2D eigenvalue weighted by atomic mass is 32.2. The molecule has 112 valence electrons. The molecule has 3 N–H and O–H groups in total. The number of hydrogen-bond acceptors (Lipinski definition) is 5. The van der Waals surface area contributed by atoms with Gasteiger partial charge in [0.2, 0.25) is 15.9 Å². The molecule has 1 amide bonds. The van der Waals surface area contributed by atoms with Gasteiger partial charge >= 0.3 is 0 Å². The Hall–Kier alpha value is -2.19. The van der Waals surface area contributed by atoms with Gasteiger partial charge in [-0.05, 0) is 18.2 Å². The van der Waals surface area contributed by atoms with Gasteiger partial charge in [0.1, 0.15) is 4.90 Å². The van der Waals surface area contributed by atoms with E-state index in [4.69, 9.17) is 5.73 Å². The van der Waals surface area contributed by atoms with E-state index >= 15 is 0 Å². The first-order valence-electron chi connectivity index (χ1n) is 6.25. The Balaban J connectivity index is 1.97. The van der Waals surface area contributed by atoms with Crippen molar-refractivity contribution in [1.29, 1.82) is 0 Å². The number of hydrogen-bond donors (Lipinski definition) is 2. The number of sulfonamides is 1. The number of nitrogen functional groups attached to an aromatic ring is 1. The van der Waals surface area contributed by atoms with Crippen molar-refractivity contribution < 1.29 is 18.0 Å². The van der Waals surface area contributed by atoms with Crippen LogP contribution in [0.2, 0.25) is 0 Å². The van der Waals surface area contributed by atoms with Gasteiger partial charge in [-0.25, -0.2) is 13.1 Å². The Morgan fingerprint density at radius 1 is 1.24 bits per heavy atom. The second-order valence-electron chi connectivity index (χ2n) is 4.48. The lowest BCUT2D eigenvalue weighted by atomic mass is 10.2. The molecule has 7 nitrogen and oxygen atoms in total. The molecule has 1 aliphatic heterocycles. The van der Waals surface area contributed by atoms with Gasteiger partial charge in [0.15, 0.2) is 5.78 Å². The van der Waals surface area contributed by atoms with Crippen LogP contribution in [0.1, 0.15) is 6.42 Å². The molecule has 1 aliphatic rings. The lowest BCUT2D eigenvalue weighted by Crippen LogP contribution is -2.38. The minimum atomic E-state index is -3.72. The van der Waals surface area contributed by atoms with Gasteiger partial charge in [0.05, 0.1) is 12.1 Å². The lowest BCUT2D eigenvalue weighted by Gasteiger charge is -2.21. The molecule has 1 heterocycles. The molecule has 0 aliphatic carbocycles. The van der Waals surface area contributed by atoms with E-state index in [1.165, 1.54) is 29.3 Å². The summed E-state index contributed by atoms with van der Waals surface area (Å²) >= 11 is 0. The number of nitrogens with one attached hydrogen (secondary N) is 1. The first kappa shape index (κ1) is 15.2. The van der Waals surface area contributed by atoms with E-state index in [9.17, 15) is 18.0 Å². The van der Waals surface area contributed by atoms with Crippen LogP contribution in [-0.4, -0.2) is 38.1 Å². The van der Waals surface area contributed by atoms with Crippen molar-refractivity contribution >= 4 is 27.4 Å². The van der Waals surface area contributed by atoms with Crippen molar-refractivity contribution in [3.05, 3.63) is 36.5 Å². The van der Waals surface area contributed by atoms with Crippen molar-refractivity contribution in [3.63, 3.8) is 0 Å². The summed E-state index contributed by atoms with van der Waals surface area (Å²) in [4.78, 5) is 23.9. The van der Waals surface area contributed by atoms with Crippen molar-refractivity contribution in [1.82, 2.24) is 9.62 Å². The SMILES string of the molecule is Nc1ccccc1S(=O)(=O)NCCN1C=CC(=O)CC1=O. The summed E-state index contributed by atoms with van der Waals surface area (Å²) in [6.45, 7) is 0.176. The molecular weight excluding hydrogens is 294 g/mol. The summed E-state index contributed by atoms with van der Waals surface area (Å²) < 4.78 is 26.5. The van der Waals surface area contributed by atoms with Crippen LogP contribution in [0.25, 0.3) is 0 Å². The van der Waals surface area contributed by atoms with E-state index < -0.39 is 10.0 Å². The minimum absolute atomic E-state index is 0.000639. The fourth-order valence-corrected chi connectivity index (χ4v) is 3.02. The van der Waals surface area contributed by atoms with Crippen molar-refractivity contribution in [2.24, 2.45) is 0 Å². The molecule has 2 rings (SSSR count). The number of amides is 1. The Bertz CT molecular complexity index is 697. The standard InChI is InChI=1S/C13H15N3O4S/c14-11-3-1-2-4-12(11)21(19,20)15-6-8-16-7-5-10(17)9-13(16)18/h1-5,7,15H,6,8-9,14H2. The highest BCUT2D eigenvalue weighted by molar-refractivity contribution is 7.89. The zero-order valence-corrected chi connectivity index (χ0v) is 12.0. The van der Waals surface area contributed by atoms with Crippen LogP contribution < -0.4 is 10.5 Å². The number of allylic oxidation sites excluding steroid dienone is 1. The molecule has 0 bridgehead atoms. The average Bonchev–Trinajstić information content (AvgIpc) is 2.41. The molecule has 1 aromatic rings. The Morgan fingerprint density at radius 2 is 1.95 bits per heavy atom. The number of anilines is 1. The van der Waals surface area contributed by atoms with Crippen molar-refractivity contribution in [2.75, 3.05) is 18.8 Å². The monoisotopic (exact) mass is 309 g/mol. The van der Waals surface area contributed by atoms with Crippen molar-refractivity contribution in [3.8, 4) is 0 Å². The van der Waals surface area contributed by atoms with Gasteiger partial charge in [-0.15, -0.1) is 0 Å². The predicted octanol–water partition coefficient (Wildman–Crippen LogP) is -0.138. The Kier molecular flexibility index (Phi) is 4.39. The van der Waals surface area contributed by atoms with Gasteiger partial charge in [-0.2, -0.15) is 0 Å². The van der Waals surface area contributed by atoms with E-state index in [1.807, 2.05) is 0 Å². The summed E-state index contributed by atoms with van der Waals surface area (Å²) in [5.74, 6) is -0.602. The molecule has 0 aromatic heterocycles. The smallest absolute Gasteiger partial charge is 0.242 e. The summed E-state index contributed by atoms with van der Waals surface area (Å²) in [5, 5.41) is 0. The summed E-state index contributed by atoms with van der Waals surface area (Å²) in [6, 6.07) is 6.12. The molecule has 1 aromatic carbocycles. The Labute approximate surface area is 122 Å². The van der Waals surface area contributed by atoms with Gasteiger partial charge in [-0.3, -0.25) is 9.59 Å². The summed E-state index contributed by atoms with van der Waals surface area (Å²) in [6.07, 6.45) is 2.47. The molecule has 8 heteroatoms. The van der Waals surface area contributed by atoms with E-state index in [1.54, 1.807) is 12.1 Å². The Morgan fingerprint density at radius 3 is 2.62 bits per heavy atom. The number of para-hydroxylation sites is 1. The van der Waals surface area contributed by atoms with Crippen molar-refractivity contribution in [2.45, 2.75) is 11.3 Å². The van der Waals surface area contributed by atoms with Gasteiger partial charge in [0, 0.05) is 19.3 Å². The van der Waals surface area contributed by atoms with Crippen LogP contribution in [0.4, 0.5) is 5.69 Å². The van der Waals surface area contributed by atoms with Gasteiger partial charge in [0.25, 0.3) is 0 Å². The van der Waals surface area contributed by atoms with E-state index in [-0.39, 0.29) is 41.8 Å². The topological polar surface area (TPSA) is 110 Å². The number of rotatable bonds is 5. The molecule has 0 fully saturated rings. The third-order valence-electron chi connectivity index (χ3n) is 2.94. The fourth-order valence-electron chi connectivity index (χ4n) is 1.87. The highest BCUT2D eigenvalue weighted by Crippen LogP contribution is 2.16. The normalized spacial score (nSPS) is 15.5. The van der Waals surface area contributed by atoms with Gasteiger partial charge in [-0.1, -0.05) is 12.1 Å². The number of carbonyl (C=O) groups excluding carboxylic acids is 2. The van der Waals surface area contributed by atoms with Gasteiger partial charge < -0.3 is 10.6 Å². The molecule has 0 spiro atoms. The predicted molar refractivity (Wildman–Crippen MR) is 76.5 cm³/mol. The number of ketones is 1. The van der Waals surface area contributed by atoms with Crippen LogP contribution in [0.5, 0.6) is 0 Å². The quantitative estimate of drug-likeness (QED) is 0.581. The first-order chi connectivity index (χ1) is 9.90. The average molecular weight is 309 g/mol. The van der Waals surface area contributed by atoms with E-state index in [0.717, 1.165) is 0 Å². The maximum Gasteiger partial charge on any atom is 0.242 e. The number of nitrogens with zero attached hydrogens (tertiary/aromatic N) is 1. The maximum atomic E-state index is 12.1. The molecule has 0 saturated heterocycles.